The number of likely N-dealkylation sites (N-methyl/N-ethyl adjacent to an activating group) is 1. The van der Waals surface area contributed by atoms with Crippen LogP contribution in [-0.2, 0) is 11.2 Å². The number of carbonyl (C=O) groups is 1. The van der Waals surface area contributed by atoms with E-state index in [2.05, 4.69) is 6.07 Å². The first-order valence-corrected chi connectivity index (χ1v) is 7.99. The Labute approximate surface area is 137 Å². The number of para-hydroxylation sites is 2. The lowest BCUT2D eigenvalue weighted by molar-refractivity contribution is -0.119. The van der Waals surface area contributed by atoms with Crippen LogP contribution in [0.5, 0.6) is 5.75 Å². The number of amides is 1. The van der Waals surface area contributed by atoms with Gasteiger partial charge in [-0.15, -0.1) is 0 Å². The summed E-state index contributed by atoms with van der Waals surface area (Å²) >= 11 is 0. The van der Waals surface area contributed by atoms with E-state index in [9.17, 15) is 4.79 Å². The predicted octanol–water partition coefficient (Wildman–Crippen LogP) is 2.59. The highest BCUT2D eigenvalue weighted by atomic mass is 16.5. The third-order valence-electron chi connectivity index (χ3n) is 4.08. The van der Waals surface area contributed by atoms with Crippen molar-refractivity contribution < 1.29 is 9.53 Å². The standard InChI is InChI=1S/C19H22N2O2/c1-20(13-14-23-17-8-3-2-4-9-17)15-19(22)21-12-11-16-7-5-6-10-18(16)21/h2-10H,11-15H2,1H3. The molecule has 1 aliphatic rings. The Kier molecular flexibility index (Phi) is 4.93. The van der Waals surface area contributed by atoms with Crippen molar-refractivity contribution in [3.63, 3.8) is 0 Å². The summed E-state index contributed by atoms with van der Waals surface area (Å²) in [6, 6.07) is 17.9. The molecule has 120 valence electrons. The van der Waals surface area contributed by atoms with Crippen molar-refractivity contribution in [3.8, 4) is 5.75 Å². The molecule has 4 nitrogen and oxygen atoms in total. The third kappa shape index (κ3) is 3.90. The minimum absolute atomic E-state index is 0.150. The number of fused-ring (bicyclic) bond motifs is 1. The number of nitrogens with zero attached hydrogens (tertiary/aromatic N) is 2. The van der Waals surface area contributed by atoms with Crippen LogP contribution in [0, 0.1) is 0 Å². The third-order valence-corrected chi connectivity index (χ3v) is 4.08. The molecule has 0 fully saturated rings. The van der Waals surface area contributed by atoms with Crippen molar-refractivity contribution in [2.75, 3.05) is 38.2 Å². The molecule has 0 radical (unpaired) electrons. The van der Waals surface area contributed by atoms with Crippen molar-refractivity contribution in [2.45, 2.75) is 6.42 Å². The Hall–Kier alpha value is -2.33. The summed E-state index contributed by atoms with van der Waals surface area (Å²) in [6.45, 7) is 2.49. The van der Waals surface area contributed by atoms with Gasteiger partial charge in [0.15, 0.2) is 0 Å². The Balaban J connectivity index is 1.47. The molecule has 0 aliphatic carbocycles. The molecule has 0 aromatic heterocycles. The zero-order valence-electron chi connectivity index (χ0n) is 13.4. The van der Waals surface area contributed by atoms with E-state index in [4.69, 9.17) is 4.74 Å². The van der Waals surface area contributed by atoms with Gasteiger partial charge in [-0.05, 0) is 37.2 Å². The number of benzene rings is 2. The first-order valence-electron chi connectivity index (χ1n) is 7.99. The molecule has 0 atom stereocenters. The second kappa shape index (κ2) is 7.29. The van der Waals surface area contributed by atoms with Crippen molar-refractivity contribution in [3.05, 3.63) is 60.2 Å². The molecule has 0 saturated heterocycles. The van der Waals surface area contributed by atoms with Gasteiger partial charge in [-0.2, -0.15) is 0 Å². The lowest BCUT2D eigenvalue weighted by Crippen LogP contribution is -2.39. The summed E-state index contributed by atoms with van der Waals surface area (Å²) in [7, 11) is 1.95. The van der Waals surface area contributed by atoms with Gasteiger partial charge in [0, 0.05) is 18.8 Å². The SMILES string of the molecule is CN(CCOc1ccccc1)CC(=O)N1CCc2ccccc21. The van der Waals surface area contributed by atoms with E-state index in [0.29, 0.717) is 13.2 Å². The minimum Gasteiger partial charge on any atom is -0.492 e. The van der Waals surface area contributed by atoms with Gasteiger partial charge in [0.1, 0.15) is 12.4 Å². The largest absolute Gasteiger partial charge is 0.492 e. The highest BCUT2D eigenvalue weighted by Crippen LogP contribution is 2.27. The summed E-state index contributed by atoms with van der Waals surface area (Å²) in [5.74, 6) is 1.01. The van der Waals surface area contributed by atoms with Gasteiger partial charge >= 0.3 is 0 Å². The maximum Gasteiger partial charge on any atom is 0.241 e. The molecule has 1 aliphatic heterocycles. The van der Waals surface area contributed by atoms with E-state index in [1.54, 1.807) is 0 Å². The molecule has 2 aromatic carbocycles. The van der Waals surface area contributed by atoms with Gasteiger partial charge in [-0.1, -0.05) is 36.4 Å². The molecule has 23 heavy (non-hydrogen) atoms. The van der Waals surface area contributed by atoms with Gasteiger partial charge in [-0.3, -0.25) is 9.69 Å². The number of ether oxygens (including phenoxy) is 1. The van der Waals surface area contributed by atoms with Gasteiger partial charge in [-0.25, -0.2) is 0 Å². The van der Waals surface area contributed by atoms with E-state index >= 15 is 0 Å². The lowest BCUT2D eigenvalue weighted by Gasteiger charge is -2.22. The Bertz CT molecular complexity index is 657. The normalized spacial score (nSPS) is 13.2. The molecule has 3 rings (SSSR count). The number of carbonyl (C=O) groups excluding carboxylic acids is 1. The number of hydrogen-bond acceptors (Lipinski definition) is 3. The zero-order valence-corrected chi connectivity index (χ0v) is 13.4. The predicted molar refractivity (Wildman–Crippen MR) is 91.9 cm³/mol. The maximum absolute atomic E-state index is 12.5. The van der Waals surface area contributed by atoms with Crippen LogP contribution in [0.25, 0.3) is 0 Å². The van der Waals surface area contributed by atoms with Crippen LogP contribution in [-0.4, -0.2) is 44.1 Å². The van der Waals surface area contributed by atoms with Crippen molar-refractivity contribution in [2.24, 2.45) is 0 Å². The Morgan fingerprint density at radius 3 is 2.70 bits per heavy atom. The van der Waals surface area contributed by atoms with Gasteiger partial charge < -0.3 is 9.64 Å². The topological polar surface area (TPSA) is 32.8 Å². The molecule has 0 saturated carbocycles. The average molecular weight is 310 g/mol. The van der Waals surface area contributed by atoms with Crippen LogP contribution in [0.1, 0.15) is 5.56 Å². The summed E-state index contributed by atoms with van der Waals surface area (Å²) in [4.78, 5) is 16.4. The van der Waals surface area contributed by atoms with Crippen LogP contribution >= 0.6 is 0 Å². The van der Waals surface area contributed by atoms with Crippen LogP contribution in [0.4, 0.5) is 5.69 Å². The fourth-order valence-electron chi connectivity index (χ4n) is 2.83. The highest BCUT2D eigenvalue weighted by Gasteiger charge is 2.24. The smallest absolute Gasteiger partial charge is 0.241 e. The summed E-state index contributed by atoms with van der Waals surface area (Å²) in [5, 5.41) is 0. The van der Waals surface area contributed by atoms with Crippen LogP contribution in [0.15, 0.2) is 54.6 Å². The molecule has 2 aromatic rings. The fourth-order valence-corrected chi connectivity index (χ4v) is 2.83. The molecule has 4 heteroatoms. The van der Waals surface area contributed by atoms with Crippen molar-refractivity contribution in [1.29, 1.82) is 0 Å². The molecular formula is C19H22N2O2. The Morgan fingerprint density at radius 1 is 1.13 bits per heavy atom. The van der Waals surface area contributed by atoms with E-state index in [1.807, 2.05) is 65.4 Å². The average Bonchev–Trinajstić information content (AvgIpc) is 3.00. The second-order valence-corrected chi connectivity index (χ2v) is 5.82. The lowest BCUT2D eigenvalue weighted by atomic mass is 10.2. The first kappa shape index (κ1) is 15.6. The number of anilines is 1. The van der Waals surface area contributed by atoms with E-state index < -0.39 is 0 Å². The first-order chi connectivity index (χ1) is 11.2. The quantitative estimate of drug-likeness (QED) is 0.822. The number of rotatable bonds is 6. The van der Waals surface area contributed by atoms with E-state index in [-0.39, 0.29) is 5.91 Å². The molecule has 1 heterocycles. The minimum atomic E-state index is 0.150. The van der Waals surface area contributed by atoms with Gasteiger partial charge in [0.2, 0.25) is 5.91 Å². The molecule has 0 spiro atoms. The van der Waals surface area contributed by atoms with Crippen LogP contribution in [0.3, 0.4) is 0 Å². The summed E-state index contributed by atoms with van der Waals surface area (Å²) in [6.07, 6.45) is 0.947. The van der Waals surface area contributed by atoms with Gasteiger partial charge in [0.25, 0.3) is 0 Å². The van der Waals surface area contributed by atoms with Crippen molar-refractivity contribution in [1.82, 2.24) is 4.90 Å². The second-order valence-electron chi connectivity index (χ2n) is 5.82. The summed E-state index contributed by atoms with van der Waals surface area (Å²) < 4.78 is 5.67. The molecule has 0 N–H and O–H groups in total. The number of hydrogen-bond donors (Lipinski definition) is 0. The van der Waals surface area contributed by atoms with E-state index in [1.165, 1.54) is 5.56 Å². The van der Waals surface area contributed by atoms with E-state index in [0.717, 1.165) is 30.9 Å². The highest BCUT2D eigenvalue weighted by molar-refractivity contribution is 5.96. The molecule has 0 bridgehead atoms. The Morgan fingerprint density at radius 2 is 1.87 bits per heavy atom. The molecule has 0 unspecified atom stereocenters. The fraction of sp³-hybridized carbons (Fsp3) is 0.316. The van der Waals surface area contributed by atoms with Gasteiger partial charge in [0.05, 0.1) is 6.54 Å². The zero-order chi connectivity index (χ0) is 16.1. The molecular weight excluding hydrogens is 288 g/mol. The van der Waals surface area contributed by atoms with Crippen LogP contribution < -0.4 is 9.64 Å². The van der Waals surface area contributed by atoms with Crippen molar-refractivity contribution >= 4 is 11.6 Å². The molecule has 1 amide bonds. The maximum atomic E-state index is 12.5. The van der Waals surface area contributed by atoms with Crippen LogP contribution in [0.2, 0.25) is 0 Å². The summed E-state index contributed by atoms with van der Waals surface area (Å²) in [5.41, 5.74) is 2.32. The monoisotopic (exact) mass is 310 g/mol.